The molecule has 0 radical (unpaired) electrons. The summed E-state index contributed by atoms with van der Waals surface area (Å²) in [5, 5.41) is 4.59. The molecular formula is C21H24Cl2N4O3. The van der Waals surface area contributed by atoms with Crippen LogP contribution in [0, 0.1) is 0 Å². The highest BCUT2D eigenvalue weighted by molar-refractivity contribution is 6.39. The lowest BCUT2D eigenvalue weighted by Gasteiger charge is -2.16. The molecule has 30 heavy (non-hydrogen) atoms. The van der Waals surface area contributed by atoms with E-state index in [1.165, 1.54) is 18.5 Å². The lowest BCUT2D eigenvalue weighted by molar-refractivity contribution is 0.280. The molecule has 0 atom stereocenters. The molecule has 3 rings (SSSR count). The molecule has 2 aromatic heterocycles. The van der Waals surface area contributed by atoms with Gasteiger partial charge >= 0.3 is 0 Å². The molecular weight excluding hydrogens is 427 g/mol. The molecule has 0 aliphatic carbocycles. The minimum absolute atomic E-state index is 0.294. The van der Waals surface area contributed by atoms with Crippen molar-refractivity contribution in [1.29, 1.82) is 0 Å². The number of nitrogens with one attached hydrogen (secondary N) is 2. The van der Waals surface area contributed by atoms with E-state index in [1.807, 2.05) is 20.2 Å². The van der Waals surface area contributed by atoms with Crippen molar-refractivity contribution < 1.29 is 9.47 Å². The Hall–Kier alpha value is -2.48. The molecule has 1 aromatic carbocycles. The number of aromatic amines is 1. The standard InChI is InChI=1S/C21H24Cl2N4O3/c1-27(2)8-4-5-9-30-21-17(29-3)7-6-13-16(10-18(28)26-19(13)21)25-20-14(22)11-24-12-15(20)23/h6-7,10-12H,4-5,8-9H2,1-3H3,(H2,24,25,26,28). The van der Waals surface area contributed by atoms with Crippen molar-refractivity contribution in [3.05, 3.63) is 51.0 Å². The minimum atomic E-state index is -0.294. The lowest BCUT2D eigenvalue weighted by Crippen LogP contribution is -2.14. The first-order chi connectivity index (χ1) is 14.4. The summed E-state index contributed by atoms with van der Waals surface area (Å²) in [4.78, 5) is 21.3. The van der Waals surface area contributed by atoms with E-state index < -0.39 is 0 Å². The van der Waals surface area contributed by atoms with E-state index in [9.17, 15) is 4.79 Å². The Bertz CT molecular complexity index is 1070. The van der Waals surface area contributed by atoms with Crippen LogP contribution in [0.2, 0.25) is 10.0 Å². The number of hydrogen-bond acceptors (Lipinski definition) is 6. The molecule has 2 heterocycles. The topological polar surface area (TPSA) is 79.5 Å². The number of ether oxygens (including phenoxy) is 2. The van der Waals surface area contributed by atoms with Crippen LogP contribution in [0.15, 0.2) is 35.4 Å². The van der Waals surface area contributed by atoms with Crippen LogP contribution in [-0.2, 0) is 0 Å². The number of aromatic nitrogens is 2. The average Bonchev–Trinajstić information content (AvgIpc) is 2.70. The quantitative estimate of drug-likeness (QED) is 0.459. The number of fused-ring (bicyclic) bond motifs is 1. The maximum absolute atomic E-state index is 12.4. The van der Waals surface area contributed by atoms with Gasteiger partial charge in [-0.15, -0.1) is 0 Å². The van der Waals surface area contributed by atoms with E-state index in [4.69, 9.17) is 32.7 Å². The first-order valence-corrected chi connectivity index (χ1v) is 10.2. The maximum atomic E-state index is 12.4. The summed E-state index contributed by atoms with van der Waals surface area (Å²) in [5.41, 5.74) is 1.27. The number of pyridine rings is 2. The fourth-order valence-electron chi connectivity index (χ4n) is 3.06. The Morgan fingerprint density at radius 3 is 2.57 bits per heavy atom. The van der Waals surface area contributed by atoms with Crippen molar-refractivity contribution in [2.24, 2.45) is 0 Å². The van der Waals surface area contributed by atoms with E-state index >= 15 is 0 Å². The highest BCUT2D eigenvalue weighted by atomic mass is 35.5. The number of rotatable bonds is 9. The number of H-pyrrole nitrogens is 1. The second-order valence-electron chi connectivity index (χ2n) is 7.03. The van der Waals surface area contributed by atoms with Crippen molar-refractivity contribution >= 4 is 45.5 Å². The van der Waals surface area contributed by atoms with Crippen LogP contribution >= 0.6 is 23.2 Å². The van der Waals surface area contributed by atoms with E-state index in [1.54, 1.807) is 13.2 Å². The predicted molar refractivity (Wildman–Crippen MR) is 122 cm³/mol. The summed E-state index contributed by atoms with van der Waals surface area (Å²) in [6.45, 7) is 1.49. The van der Waals surface area contributed by atoms with Gasteiger partial charge in [0.1, 0.15) is 0 Å². The van der Waals surface area contributed by atoms with E-state index in [0.29, 0.717) is 45.0 Å². The Kier molecular flexibility index (Phi) is 7.42. The molecule has 0 fully saturated rings. The first-order valence-electron chi connectivity index (χ1n) is 9.48. The molecule has 0 unspecified atom stereocenters. The Labute approximate surface area is 184 Å². The number of methoxy groups -OCH3 is 1. The molecule has 0 aliphatic heterocycles. The van der Waals surface area contributed by atoms with Crippen LogP contribution in [0.25, 0.3) is 10.9 Å². The van der Waals surface area contributed by atoms with Gasteiger partial charge in [-0.2, -0.15) is 0 Å². The smallest absolute Gasteiger partial charge is 0.250 e. The van der Waals surface area contributed by atoms with Crippen LogP contribution in [-0.4, -0.2) is 49.2 Å². The van der Waals surface area contributed by atoms with Crippen molar-refractivity contribution in [3.63, 3.8) is 0 Å². The van der Waals surface area contributed by atoms with Gasteiger partial charge in [0.25, 0.3) is 5.56 Å². The summed E-state index contributed by atoms with van der Waals surface area (Å²) in [6, 6.07) is 5.09. The zero-order chi connectivity index (χ0) is 21.7. The van der Waals surface area contributed by atoms with Crippen LogP contribution in [0.5, 0.6) is 11.5 Å². The van der Waals surface area contributed by atoms with Gasteiger partial charge in [0.05, 0.1) is 40.7 Å². The molecule has 9 heteroatoms. The molecule has 2 N–H and O–H groups in total. The second kappa shape index (κ2) is 10.0. The molecule has 0 amide bonds. The van der Waals surface area contributed by atoms with Crippen LogP contribution in [0.4, 0.5) is 11.4 Å². The van der Waals surface area contributed by atoms with Gasteiger partial charge in [-0.1, -0.05) is 23.2 Å². The van der Waals surface area contributed by atoms with Gasteiger partial charge in [-0.05, 0) is 45.6 Å². The van der Waals surface area contributed by atoms with Gasteiger partial charge in [0, 0.05) is 23.8 Å². The van der Waals surface area contributed by atoms with Crippen LogP contribution in [0.1, 0.15) is 12.8 Å². The van der Waals surface area contributed by atoms with Gasteiger partial charge in [0.15, 0.2) is 11.5 Å². The molecule has 0 aliphatic rings. The van der Waals surface area contributed by atoms with E-state index in [0.717, 1.165) is 24.8 Å². The van der Waals surface area contributed by atoms with Crippen molar-refractivity contribution in [2.45, 2.75) is 12.8 Å². The molecule has 0 spiro atoms. The molecule has 160 valence electrons. The Balaban J connectivity index is 1.98. The monoisotopic (exact) mass is 450 g/mol. The van der Waals surface area contributed by atoms with Crippen molar-refractivity contribution in [2.75, 3.05) is 39.7 Å². The number of nitrogens with zero attached hydrogens (tertiary/aromatic N) is 2. The van der Waals surface area contributed by atoms with Gasteiger partial charge in [-0.3, -0.25) is 9.78 Å². The number of hydrogen-bond donors (Lipinski definition) is 2. The van der Waals surface area contributed by atoms with Crippen molar-refractivity contribution in [1.82, 2.24) is 14.9 Å². The minimum Gasteiger partial charge on any atom is -0.493 e. The van der Waals surface area contributed by atoms with E-state index in [-0.39, 0.29) is 5.56 Å². The Morgan fingerprint density at radius 2 is 1.90 bits per heavy atom. The van der Waals surface area contributed by atoms with E-state index in [2.05, 4.69) is 20.2 Å². The largest absolute Gasteiger partial charge is 0.493 e. The van der Waals surface area contributed by atoms with Gasteiger partial charge < -0.3 is 24.7 Å². The van der Waals surface area contributed by atoms with Crippen LogP contribution in [0.3, 0.4) is 0 Å². The summed E-state index contributed by atoms with van der Waals surface area (Å²) >= 11 is 12.5. The number of anilines is 2. The zero-order valence-electron chi connectivity index (χ0n) is 17.1. The normalized spacial score (nSPS) is 11.1. The SMILES string of the molecule is COc1ccc2c(Nc3c(Cl)cncc3Cl)cc(=O)[nH]c2c1OCCCCN(C)C. The molecule has 0 bridgehead atoms. The summed E-state index contributed by atoms with van der Waals surface area (Å²) in [5.74, 6) is 1.04. The highest BCUT2D eigenvalue weighted by Crippen LogP contribution is 2.39. The van der Waals surface area contributed by atoms with Crippen LogP contribution < -0.4 is 20.3 Å². The summed E-state index contributed by atoms with van der Waals surface area (Å²) in [6.07, 6.45) is 4.84. The number of unbranched alkanes of at least 4 members (excludes halogenated alkanes) is 1. The third-order valence-electron chi connectivity index (χ3n) is 4.51. The predicted octanol–water partition coefficient (Wildman–Crippen LogP) is 4.70. The first kappa shape index (κ1) is 22.2. The van der Waals surface area contributed by atoms with Gasteiger partial charge in [-0.25, -0.2) is 0 Å². The summed E-state index contributed by atoms with van der Waals surface area (Å²) in [7, 11) is 5.64. The molecule has 7 nitrogen and oxygen atoms in total. The maximum Gasteiger partial charge on any atom is 0.250 e. The molecule has 3 aromatic rings. The average molecular weight is 451 g/mol. The molecule has 0 saturated heterocycles. The third kappa shape index (κ3) is 5.16. The number of benzene rings is 1. The number of halogens is 2. The fourth-order valence-corrected chi connectivity index (χ4v) is 3.52. The zero-order valence-corrected chi connectivity index (χ0v) is 18.6. The van der Waals surface area contributed by atoms with Gasteiger partial charge in [0.2, 0.25) is 0 Å². The highest BCUT2D eigenvalue weighted by Gasteiger charge is 2.16. The second-order valence-corrected chi connectivity index (χ2v) is 7.84. The van der Waals surface area contributed by atoms with Crippen molar-refractivity contribution in [3.8, 4) is 11.5 Å². The fraction of sp³-hybridized carbons (Fsp3) is 0.333. The summed E-state index contributed by atoms with van der Waals surface area (Å²) < 4.78 is 11.5. The molecule has 0 saturated carbocycles. The lowest BCUT2D eigenvalue weighted by atomic mass is 10.1. The Morgan fingerprint density at radius 1 is 1.17 bits per heavy atom. The third-order valence-corrected chi connectivity index (χ3v) is 5.09.